The average molecular weight is 883 g/mol. The van der Waals surface area contributed by atoms with Gasteiger partial charge >= 0.3 is 11.9 Å². The summed E-state index contributed by atoms with van der Waals surface area (Å²) in [5.41, 5.74) is 0. The highest BCUT2D eigenvalue weighted by Crippen LogP contribution is 2.12. The third-order valence-corrected chi connectivity index (χ3v) is 10.4. The van der Waals surface area contributed by atoms with Gasteiger partial charge in [0.2, 0.25) is 0 Å². The van der Waals surface area contributed by atoms with Crippen LogP contribution in [-0.2, 0) is 19.1 Å². The normalized spacial score (nSPS) is 13.4. The average Bonchev–Trinajstić information content (AvgIpc) is 3.30. The van der Waals surface area contributed by atoms with Crippen molar-refractivity contribution >= 4 is 11.9 Å². The predicted octanol–water partition coefficient (Wildman–Crippen LogP) is 17.3. The maximum Gasteiger partial charge on any atom is 0.306 e. The van der Waals surface area contributed by atoms with Gasteiger partial charge in [0.1, 0.15) is 6.61 Å². The van der Waals surface area contributed by atoms with E-state index in [1.165, 1.54) is 70.6 Å². The molecule has 0 saturated heterocycles. The maximum atomic E-state index is 12.3. The number of hydrogen-bond donors (Lipinski definition) is 1. The van der Waals surface area contributed by atoms with Crippen LogP contribution >= 0.6 is 0 Å². The lowest BCUT2D eigenvalue weighted by atomic mass is 10.1. The molecule has 0 spiro atoms. The SMILES string of the molecule is CC/C=C\C/C=C\C/C=C\C/C=C\C/C=C\C/C=C\C/C=C\C/C=C\CCCCC(=O)OC(CO)COC(=O)CCCCCCCCCC/C=C\C/C=C\C/C=C\CCCCCCC. The van der Waals surface area contributed by atoms with E-state index in [1.807, 2.05) is 0 Å². The van der Waals surface area contributed by atoms with Gasteiger partial charge in [-0.2, -0.15) is 0 Å². The number of esters is 2. The Balaban J connectivity index is 3.68. The minimum Gasteiger partial charge on any atom is -0.462 e. The lowest BCUT2D eigenvalue weighted by Crippen LogP contribution is -2.28. The van der Waals surface area contributed by atoms with Crippen molar-refractivity contribution < 1.29 is 24.2 Å². The van der Waals surface area contributed by atoms with Crippen LogP contribution in [0.4, 0.5) is 0 Å². The number of carbonyl (C=O) groups excluding carboxylic acids is 2. The topological polar surface area (TPSA) is 72.8 Å². The Morgan fingerprint density at radius 1 is 0.375 bits per heavy atom. The van der Waals surface area contributed by atoms with Gasteiger partial charge in [-0.05, 0) is 116 Å². The molecule has 0 aliphatic heterocycles. The monoisotopic (exact) mass is 883 g/mol. The summed E-state index contributed by atoms with van der Waals surface area (Å²) in [4.78, 5) is 24.5. The summed E-state index contributed by atoms with van der Waals surface area (Å²) in [5, 5.41) is 9.63. The summed E-state index contributed by atoms with van der Waals surface area (Å²) in [6, 6.07) is 0. The van der Waals surface area contributed by atoms with Crippen LogP contribution in [0.2, 0.25) is 0 Å². The Bertz CT molecular complexity index is 1370. The molecule has 1 unspecified atom stereocenters. The molecule has 0 aliphatic rings. The summed E-state index contributed by atoms with van der Waals surface area (Å²) < 4.78 is 10.6. The van der Waals surface area contributed by atoms with Gasteiger partial charge in [0, 0.05) is 12.8 Å². The van der Waals surface area contributed by atoms with Gasteiger partial charge in [0.15, 0.2) is 6.10 Å². The molecule has 0 bridgehead atoms. The Kier molecular flexibility index (Phi) is 50.1. The number of aliphatic hydroxyl groups is 1. The van der Waals surface area contributed by atoms with Crippen molar-refractivity contribution in [3.63, 3.8) is 0 Å². The van der Waals surface area contributed by atoms with E-state index in [0.29, 0.717) is 12.8 Å². The lowest BCUT2D eigenvalue weighted by Gasteiger charge is -2.15. The van der Waals surface area contributed by atoms with Crippen LogP contribution in [0.5, 0.6) is 0 Å². The van der Waals surface area contributed by atoms with Gasteiger partial charge in [-0.15, -0.1) is 0 Å². The number of allylic oxidation sites excluding steroid dienone is 22. The minimum absolute atomic E-state index is 0.0970. The van der Waals surface area contributed by atoms with Crippen LogP contribution < -0.4 is 0 Å². The highest BCUT2D eigenvalue weighted by molar-refractivity contribution is 5.70. The zero-order valence-electron chi connectivity index (χ0n) is 41.0. The number of ether oxygens (including phenoxy) is 2. The third-order valence-electron chi connectivity index (χ3n) is 10.4. The molecule has 1 atom stereocenters. The van der Waals surface area contributed by atoms with Crippen molar-refractivity contribution in [2.75, 3.05) is 13.2 Å². The van der Waals surface area contributed by atoms with Crippen LogP contribution in [0, 0.1) is 0 Å². The quantitative estimate of drug-likeness (QED) is 0.0375. The number of rotatable bonds is 45. The highest BCUT2D eigenvalue weighted by Gasteiger charge is 2.16. The second kappa shape index (κ2) is 53.4. The largest absolute Gasteiger partial charge is 0.462 e. The van der Waals surface area contributed by atoms with Crippen LogP contribution in [0.1, 0.15) is 206 Å². The molecule has 0 radical (unpaired) electrons. The predicted molar refractivity (Wildman–Crippen MR) is 278 cm³/mol. The van der Waals surface area contributed by atoms with Gasteiger partial charge in [-0.1, -0.05) is 212 Å². The van der Waals surface area contributed by atoms with Gasteiger partial charge < -0.3 is 14.6 Å². The van der Waals surface area contributed by atoms with E-state index in [-0.39, 0.29) is 31.6 Å². The van der Waals surface area contributed by atoms with Crippen molar-refractivity contribution in [1.29, 1.82) is 0 Å². The van der Waals surface area contributed by atoms with Crippen LogP contribution in [0.25, 0.3) is 0 Å². The van der Waals surface area contributed by atoms with Crippen LogP contribution in [0.15, 0.2) is 134 Å². The zero-order chi connectivity index (χ0) is 46.3. The number of carbonyl (C=O) groups is 2. The van der Waals surface area contributed by atoms with Crippen molar-refractivity contribution in [2.45, 2.75) is 213 Å². The second-order valence-corrected chi connectivity index (χ2v) is 16.5. The molecule has 0 fully saturated rings. The van der Waals surface area contributed by atoms with E-state index < -0.39 is 6.10 Å². The van der Waals surface area contributed by atoms with E-state index >= 15 is 0 Å². The van der Waals surface area contributed by atoms with Crippen LogP contribution in [0.3, 0.4) is 0 Å². The number of aliphatic hydroxyl groups excluding tert-OH is 1. The molecule has 0 heterocycles. The molecular weight excluding hydrogens is 789 g/mol. The fraction of sp³-hybridized carbons (Fsp3) is 0.593. The Morgan fingerprint density at radius 3 is 1.05 bits per heavy atom. The molecule has 0 aromatic heterocycles. The Labute approximate surface area is 394 Å². The number of hydrogen-bond acceptors (Lipinski definition) is 5. The third kappa shape index (κ3) is 50.7. The maximum absolute atomic E-state index is 12.3. The van der Waals surface area contributed by atoms with E-state index in [1.54, 1.807) is 0 Å². The summed E-state index contributed by atoms with van der Waals surface area (Å²) >= 11 is 0. The fourth-order valence-corrected chi connectivity index (χ4v) is 6.58. The molecule has 5 heteroatoms. The molecule has 5 nitrogen and oxygen atoms in total. The minimum atomic E-state index is -0.810. The van der Waals surface area contributed by atoms with Gasteiger partial charge in [-0.3, -0.25) is 9.59 Å². The molecule has 360 valence electrons. The molecule has 0 aromatic rings. The molecule has 0 rings (SSSR count). The van der Waals surface area contributed by atoms with E-state index in [2.05, 4.69) is 148 Å². The first-order chi connectivity index (χ1) is 31.6. The van der Waals surface area contributed by atoms with Crippen molar-refractivity contribution in [3.05, 3.63) is 134 Å². The Morgan fingerprint density at radius 2 is 0.672 bits per heavy atom. The highest BCUT2D eigenvalue weighted by atomic mass is 16.6. The standard InChI is InChI=1S/C59H94O5/c1-3-5-7-9-11-13-15-17-19-21-23-25-27-28-29-30-32-34-36-38-40-42-44-46-48-50-52-54-59(62)64-57(55-60)56-63-58(61)53-51-49-47-45-43-41-39-37-35-33-31-26-24-22-20-18-16-14-12-10-8-6-4-2/h5,7,11,13,16-19,22-25,28-29,31-34,38,40,44,46,57,60H,3-4,6,8-10,12,14-15,20-21,26-27,30,35-37,39,41-43,45,47-56H2,1-2H3/b7-5-,13-11-,18-16-,19-17-,24-22-,25-23-,29-28-,33-31-,34-32-,40-38-,46-44-. The first kappa shape index (κ1) is 60.0. The van der Waals surface area contributed by atoms with Gasteiger partial charge in [-0.25, -0.2) is 0 Å². The van der Waals surface area contributed by atoms with Crippen molar-refractivity contribution in [1.82, 2.24) is 0 Å². The molecule has 0 aromatic carbocycles. The summed E-state index contributed by atoms with van der Waals surface area (Å²) in [5.74, 6) is -0.660. The van der Waals surface area contributed by atoms with Gasteiger partial charge in [0.25, 0.3) is 0 Å². The van der Waals surface area contributed by atoms with Gasteiger partial charge in [0.05, 0.1) is 6.61 Å². The summed E-state index contributed by atoms with van der Waals surface area (Å²) in [6.45, 7) is 3.96. The molecule has 1 N–H and O–H groups in total. The fourth-order valence-electron chi connectivity index (χ4n) is 6.58. The van der Waals surface area contributed by atoms with E-state index in [4.69, 9.17) is 9.47 Å². The van der Waals surface area contributed by atoms with E-state index in [9.17, 15) is 14.7 Å². The Hall–Kier alpha value is -3.96. The smallest absolute Gasteiger partial charge is 0.306 e. The first-order valence-corrected chi connectivity index (χ1v) is 25.7. The number of unbranched alkanes of at least 4 members (excludes halogenated alkanes) is 15. The second-order valence-electron chi connectivity index (χ2n) is 16.5. The summed E-state index contributed by atoms with van der Waals surface area (Å²) in [7, 11) is 0. The van der Waals surface area contributed by atoms with Crippen molar-refractivity contribution in [3.8, 4) is 0 Å². The van der Waals surface area contributed by atoms with E-state index in [0.717, 1.165) is 103 Å². The molecule has 0 aliphatic carbocycles. The van der Waals surface area contributed by atoms with Crippen molar-refractivity contribution in [2.24, 2.45) is 0 Å². The summed E-state index contributed by atoms with van der Waals surface area (Å²) in [6.07, 6.45) is 79.6. The molecule has 0 saturated carbocycles. The first-order valence-electron chi connectivity index (χ1n) is 25.7. The lowest BCUT2D eigenvalue weighted by molar-refractivity contribution is -0.161. The molecule has 64 heavy (non-hydrogen) atoms. The molecular formula is C59H94O5. The zero-order valence-corrected chi connectivity index (χ0v) is 41.0. The molecule has 0 amide bonds. The van der Waals surface area contributed by atoms with Crippen LogP contribution in [-0.4, -0.2) is 36.4 Å².